The van der Waals surface area contributed by atoms with Crippen LogP contribution in [0.15, 0.2) is 73.1 Å². The van der Waals surface area contributed by atoms with Crippen LogP contribution >= 0.6 is 11.6 Å². The molecule has 9 heteroatoms. The molecule has 4 N–H and O–H groups in total. The van der Waals surface area contributed by atoms with Crippen molar-refractivity contribution in [2.75, 3.05) is 32.5 Å². The van der Waals surface area contributed by atoms with E-state index in [0.29, 0.717) is 29.6 Å². The molecule has 0 aliphatic carbocycles. The van der Waals surface area contributed by atoms with Crippen molar-refractivity contribution in [3.05, 3.63) is 83.8 Å². The van der Waals surface area contributed by atoms with Crippen LogP contribution in [0.5, 0.6) is 0 Å². The lowest BCUT2D eigenvalue weighted by Gasteiger charge is -2.08. The standard InChI is InChI=1S/C28H28ClN7O/c1-36(2)13-5-8-26(37)30-12-11-20-14-18-9-10-19(15-25(18)33-20)34-28-32-17-23(29)27(35-28)22-16-31-24-7-4-3-6-21(22)24/h3-10,14-17,31,33H,11-13H2,1-2H3,(H,30,37)(H,32,34,35). The Kier molecular flexibility index (Phi) is 7.20. The summed E-state index contributed by atoms with van der Waals surface area (Å²) in [6.45, 7) is 1.29. The molecule has 3 heterocycles. The largest absolute Gasteiger partial charge is 0.360 e. The van der Waals surface area contributed by atoms with Crippen LogP contribution in [-0.4, -0.2) is 57.9 Å². The highest BCUT2D eigenvalue weighted by atomic mass is 35.5. The Bertz CT molecular complexity index is 1580. The first-order valence-electron chi connectivity index (χ1n) is 12.0. The molecule has 0 radical (unpaired) electrons. The van der Waals surface area contributed by atoms with Crippen molar-refractivity contribution < 1.29 is 4.79 Å². The Labute approximate surface area is 219 Å². The van der Waals surface area contributed by atoms with Gasteiger partial charge in [-0.1, -0.05) is 41.9 Å². The SMILES string of the molecule is CN(C)CC=CC(=O)NCCc1cc2ccc(Nc3ncc(Cl)c(-c4c[nH]c5ccccc45)n3)cc2[nH]1. The quantitative estimate of drug-likeness (QED) is 0.201. The van der Waals surface area contributed by atoms with Gasteiger partial charge >= 0.3 is 0 Å². The van der Waals surface area contributed by atoms with Crippen LogP contribution < -0.4 is 10.6 Å². The van der Waals surface area contributed by atoms with Crippen molar-refractivity contribution >= 4 is 50.9 Å². The van der Waals surface area contributed by atoms with E-state index in [4.69, 9.17) is 16.6 Å². The van der Waals surface area contributed by atoms with E-state index in [1.54, 1.807) is 12.3 Å². The number of carbonyl (C=O) groups excluding carboxylic acids is 1. The number of aromatic amines is 2. The number of carbonyl (C=O) groups is 1. The van der Waals surface area contributed by atoms with E-state index in [9.17, 15) is 4.79 Å². The minimum absolute atomic E-state index is 0.0839. The van der Waals surface area contributed by atoms with Crippen LogP contribution in [0.2, 0.25) is 5.02 Å². The lowest BCUT2D eigenvalue weighted by Crippen LogP contribution is -2.24. The summed E-state index contributed by atoms with van der Waals surface area (Å²) in [5.74, 6) is 0.375. The van der Waals surface area contributed by atoms with Crippen LogP contribution in [0.4, 0.5) is 11.6 Å². The van der Waals surface area contributed by atoms with Gasteiger partial charge in [-0.2, -0.15) is 0 Å². The lowest BCUT2D eigenvalue weighted by atomic mass is 10.1. The molecule has 0 atom stereocenters. The number of rotatable bonds is 9. The summed E-state index contributed by atoms with van der Waals surface area (Å²) >= 11 is 6.47. The molecule has 37 heavy (non-hydrogen) atoms. The molecule has 5 rings (SSSR count). The van der Waals surface area contributed by atoms with Gasteiger partial charge in [-0.3, -0.25) is 4.79 Å². The zero-order valence-corrected chi connectivity index (χ0v) is 21.4. The maximum absolute atomic E-state index is 11.9. The summed E-state index contributed by atoms with van der Waals surface area (Å²) in [7, 11) is 3.92. The van der Waals surface area contributed by atoms with E-state index in [1.165, 1.54) is 0 Å². The van der Waals surface area contributed by atoms with Gasteiger partial charge in [0, 0.05) is 65.1 Å². The second kappa shape index (κ2) is 10.9. The third-order valence-corrected chi connectivity index (χ3v) is 6.23. The van der Waals surface area contributed by atoms with Crippen molar-refractivity contribution in [3.8, 4) is 11.3 Å². The second-order valence-electron chi connectivity index (χ2n) is 9.07. The highest BCUT2D eigenvalue weighted by molar-refractivity contribution is 6.33. The van der Waals surface area contributed by atoms with Crippen LogP contribution in [0, 0.1) is 0 Å². The first kappa shape index (κ1) is 24.5. The average Bonchev–Trinajstić information content (AvgIpc) is 3.48. The van der Waals surface area contributed by atoms with E-state index < -0.39 is 0 Å². The number of hydrogen-bond acceptors (Lipinski definition) is 5. The van der Waals surface area contributed by atoms with Crippen LogP contribution in [0.1, 0.15) is 5.69 Å². The predicted octanol–water partition coefficient (Wildman–Crippen LogP) is 5.28. The minimum Gasteiger partial charge on any atom is -0.360 e. The Morgan fingerprint density at radius 1 is 1.14 bits per heavy atom. The Balaban J connectivity index is 1.27. The number of hydrogen-bond donors (Lipinski definition) is 4. The molecular weight excluding hydrogens is 486 g/mol. The van der Waals surface area contributed by atoms with Crippen LogP contribution in [-0.2, 0) is 11.2 Å². The zero-order chi connectivity index (χ0) is 25.8. The van der Waals surface area contributed by atoms with Gasteiger partial charge in [-0.25, -0.2) is 9.97 Å². The molecule has 0 bridgehead atoms. The highest BCUT2D eigenvalue weighted by Crippen LogP contribution is 2.33. The second-order valence-corrected chi connectivity index (χ2v) is 9.47. The normalized spacial score (nSPS) is 11.7. The number of nitrogens with one attached hydrogen (secondary N) is 4. The van der Waals surface area contributed by atoms with Crippen LogP contribution in [0.25, 0.3) is 33.1 Å². The van der Waals surface area contributed by atoms with Gasteiger partial charge in [0.1, 0.15) is 0 Å². The van der Waals surface area contributed by atoms with E-state index >= 15 is 0 Å². The summed E-state index contributed by atoms with van der Waals surface area (Å²) in [5.41, 5.74) is 5.51. The van der Waals surface area contributed by atoms with Crippen molar-refractivity contribution in [3.63, 3.8) is 0 Å². The average molecular weight is 514 g/mol. The van der Waals surface area contributed by atoms with Gasteiger partial charge in [0.05, 0.1) is 16.9 Å². The number of nitrogens with zero attached hydrogens (tertiary/aromatic N) is 3. The summed E-state index contributed by atoms with van der Waals surface area (Å²) in [6.07, 6.45) is 7.66. The third kappa shape index (κ3) is 5.82. The Hall–Kier alpha value is -4.14. The first-order valence-corrected chi connectivity index (χ1v) is 12.4. The summed E-state index contributed by atoms with van der Waals surface area (Å²) < 4.78 is 0. The van der Waals surface area contributed by atoms with Gasteiger partial charge in [0.15, 0.2) is 0 Å². The van der Waals surface area contributed by atoms with Crippen molar-refractivity contribution in [1.82, 2.24) is 30.2 Å². The van der Waals surface area contributed by atoms with Crippen molar-refractivity contribution in [1.29, 1.82) is 0 Å². The molecule has 0 saturated heterocycles. The predicted molar refractivity (Wildman–Crippen MR) is 150 cm³/mol. The molecule has 0 fully saturated rings. The highest BCUT2D eigenvalue weighted by Gasteiger charge is 2.13. The zero-order valence-electron chi connectivity index (χ0n) is 20.7. The minimum atomic E-state index is -0.0839. The molecule has 5 aromatic rings. The van der Waals surface area contributed by atoms with Gasteiger partial charge < -0.3 is 25.5 Å². The van der Waals surface area contributed by atoms with Gasteiger partial charge in [0.2, 0.25) is 11.9 Å². The molecule has 0 spiro atoms. The topological polar surface area (TPSA) is 102 Å². The molecule has 8 nitrogen and oxygen atoms in total. The van der Waals surface area contributed by atoms with E-state index in [0.717, 1.165) is 45.3 Å². The summed E-state index contributed by atoms with van der Waals surface area (Å²) in [4.78, 5) is 29.7. The number of H-pyrrole nitrogens is 2. The number of halogens is 1. The maximum atomic E-state index is 11.9. The van der Waals surface area contributed by atoms with E-state index in [-0.39, 0.29) is 5.91 Å². The summed E-state index contributed by atoms with van der Waals surface area (Å²) in [6, 6.07) is 16.2. The number of aromatic nitrogens is 4. The molecule has 3 aromatic heterocycles. The van der Waals surface area contributed by atoms with Gasteiger partial charge in [0.25, 0.3) is 0 Å². The number of amides is 1. The third-order valence-electron chi connectivity index (χ3n) is 5.96. The molecule has 0 unspecified atom stereocenters. The number of benzene rings is 2. The fraction of sp³-hybridized carbons (Fsp3) is 0.179. The number of fused-ring (bicyclic) bond motifs is 2. The van der Waals surface area contributed by atoms with Crippen molar-refractivity contribution in [2.45, 2.75) is 6.42 Å². The molecular formula is C28H28ClN7O. The van der Waals surface area contributed by atoms with E-state index in [1.807, 2.05) is 73.7 Å². The lowest BCUT2D eigenvalue weighted by molar-refractivity contribution is -0.116. The smallest absolute Gasteiger partial charge is 0.243 e. The molecule has 188 valence electrons. The number of anilines is 2. The molecule has 2 aromatic carbocycles. The first-order chi connectivity index (χ1) is 18.0. The van der Waals surface area contributed by atoms with Gasteiger partial charge in [-0.15, -0.1) is 0 Å². The fourth-order valence-electron chi connectivity index (χ4n) is 4.16. The number of likely N-dealkylation sites (N-methyl/N-ethyl adjacent to an activating group) is 1. The monoisotopic (exact) mass is 513 g/mol. The Morgan fingerprint density at radius 2 is 2.00 bits per heavy atom. The maximum Gasteiger partial charge on any atom is 0.243 e. The van der Waals surface area contributed by atoms with Gasteiger partial charge in [-0.05, 0) is 43.7 Å². The molecule has 1 amide bonds. The molecule has 0 aliphatic rings. The number of para-hydroxylation sites is 1. The Morgan fingerprint density at radius 3 is 2.86 bits per heavy atom. The molecule has 0 saturated carbocycles. The summed E-state index contributed by atoms with van der Waals surface area (Å²) in [5, 5.41) is 8.84. The van der Waals surface area contributed by atoms with E-state index in [2.05, 4.69) is 31.7 Å². The van der Waals surface area contributed by atoms with Crippen molar-refractivity contribution in [2.24, 2.45) is 0 Å². The molecule has 0 aliphatic heterocycles. The fourth-order valence-corrected chi connectivity index (χ4v) is 4.36. The van der Waals surface area contributed by atoms with Crippen LogP contribution in [0.3, 0.4) is 0 Å².